The van der Waals surface area contributed by atoms with Crippen LogP contribution < -0.4 is 0 Å². The van der Waals surface area contributed by atoms with Gasteiger partial charge in [-0.1, -0.05) is 64.7 Å². The Morgan fingerprint density at radius 3 is 1.75 bits per heavy atom. The molecule has 4 heteroatoms. The summed E-state index contributed by atoms with van der Waals surface area (Å²) in [5.74, 6) is 0. The normalized spacial score (nSPS) is 13.6. The highest BCUT2D eigenvalue weighted by molar-refractivity contribution is 8.59. The monoisotopic (exact) mass is 318 g/mol. The van der Waals surface area contributed by atoms with E-state index in [1.807, 2.05) is 0 Å². The highest BCUT2D eigenvalue weighted by Gasteiger charge is 2.06. The molecule has 0 aromatic carbocycles. The summed E-state index contributed by atoms with van der Waals surface area (Å²) < 4.78 is 0. The summed E-state index contributed by atoms with van der Waals surface area (Å²) in [6.45, 7) is 4.60. The fourth-order valence-corrected chi connectivity index (χ4v) is 2.54. The first-order chi connectivity index (χ1) is 9.83. The van der Waals surface area contributed by atoms with Gasteiger partial charge in [0.25, 0.3) is 0 Å². The van der Waals surface area contributed by atoms with Crippen LogP contribution in [0.4, 0.5) is 0 Å². The molecule has 0 saturated heterocycles. The maximum absolute atomic E-state index is 3.22. The topological polar surface area (TPSA) is 6.48 Å². The van der Waals surface area contributed by atoms with Gasteiger partial charge in [-0.25, -0.2) is 0 Å². The highest BCUT2D eigenvalue weighted by atomic mass is 33.1. The second kappa shape index (κ2) is 15.4. The van der Waals surface area contributed by atoms with Gasteiger partial charge in [-0.2, -0.15) is 0 Å². The SMILES string of the molecule is CCCCCCCCCCCCN1C=CN(C)C1.SS. The lowest BCUT2D eigenvalue weighted by molar-refractivity contribution is 0.290. The Labute approximate surface area is 137 Å². The van der Waals surface area contributed by atoms with Crippen LogP contribution >= 0.6 is 23.3 Å². The molecule has 20 heavy (non-hydrogen) atoms. The molecule has 120 valence electrons. The van der Waals surface area contributed by atoms with Gasteiger partial charge in [-0.3, -0.25) is 0 Å². The molecule has 1 aliphatic heterocycles. The van der Waals surface area contributed by atoms with Gasteiger partial charge in [0.05, 0.1) is 6.67 Å². The molecule has 0 aliphatic carbocycles. The molecule has 0 aromatic heterocycles. The molecule has 0 bridgehead atoms. The number of hydrogen-bond donors (Lipinski definition) is 2. The zero-order chi connectivity index (χ0) is 15.1. The molecule has 2 nitrogen and oxygen atoms in total. The molecule has 1 heterocycles. The average Bonchev–Trinajstić information content (AvgIpc) is 2.89. The molecule has 0 saturated carbocycles. The summed E-state index contributed by atoms with van der Waals surface area (Å²) in [6, 6.07) is 0. The maximum Gasteiger partial charge on any atom is 0.0890 e. The second-order valence-corrected chi connectivity index (χ2v) is 5.69. The van der Waals surface area contributed by atoms with Crippen LogP contribution in [0.25, 0.3) is 0 Å². The third kappa shape index (κ3) is 11.8. The van der Waals surface area contributed by atoms with E-state index in [4.69, 9.17) is 0 Å². The van der Waals surface area contributed by atoms with E-state index in [2.05, 4.69) is 59.5 Å². The summed E-state index contributed by atoms with van der Waals surface area (Å²) in [6.07, 6.45) is 18.6. The third-order valence-corrected chi connectivity index (χ3v) is 3.74. The molecular formula is C16H34N2S2. The largest absolute Gasteiger partial charge is 0.362 e. The summed E-state index contributed by atoms with van der Waals surface area (Å²) in [5.41, 5.74) is 0. The zero-order valence-electron chi connectivity index (χ0n) is 13.4. The highest BCUT2D eigenvalue weighted by Crippen LogP contribution is 2.11. The van der Waals surface area contributed by atoms with Gasteiger partial charge in [0.2, 0.25) is 0 Å². The number of hydrogen-bond acceptors (Lipinski definition) is 4. The van der Waals surface area contributed by atoms with Crippen LogP contribution in [0, 0.1) is 0 Å². The van der Waals surface area contributed by atoms with Gasteiger partial charge in [-0.15, -0.1) is 23.3 Å². The van der Waals surface area contributed by atoms with Crippen LogP contribution in [-0.2, 0) is 0 Å². The molecule has 0 amide bonds. The molecule has 0 unspecified atom stereocenters. The smallest absolute Gasteiger partial charge is 0.0890 e. The number of unbranched alkanes of at least 4 members (excludes halogenated alkanes) is 9. The fourth-order valence-electron chi connectivity index (χ4n) is 2.54. The van der Waals surface area contributed by atoms with Gasteiger partial charge < -0.3 is 9.80 Å². The van der Waals surface area contributed by atoms with Crippen molar-refractivity contribution in [1.82, 2.24) is 9.80 Å². The van der Waals surface area contributed by atoms with Crippen LogP contribution in [0.1, 0.15) is 71.1 Å². The summed E-state index contributed by atoms with van der Waals surface area (Å²) in [5, 5.41) is 0. The van der Waals surface area contributed by atoms with Gasteiger partial charge in [0.15, 0.2) is 0 Å². The van der Waals surface area contributed by atoms with Crippen molar-refractivity contribution in [2.75, 3.05) is 20.3 Å². The fraction of sp³-hybridized carbons (Fsp3) is 0.875. The molecule has 0 spiro atoms. The Morgan fingerprint density at radius 1 is 0.800 bits per heavy atom. The van der Waals surface area contributed by atoms with Crippen molar-refractivity contribution in [1.29, 1.82) is 0 Å². The Bertz CT molecular complexity index is 223. The van der Waals surface area contributed by atoms with E-state index in [1.54, 1.807) is 0 Å². The molecule has 0 atom stereocenters. The van der Waals surface area contributed by atoms with Crippen molar-refractivity contribution < 1.29 is 0 Å². The molecular weight excluding hydrogens is 284 g/mol. The van der Waals surface area contributed by atoms with Crippen molar-refractivity contribution in [3.8, 4) is 0 Å². The quantitative estimate of drug-likeness (QED) is 0.301. The molecule has 0 radical (unpaired) electrons. The van der Waals surface area contributed by atoms with E-state index in [0.717, 1.165) is 6.67 Å². The van der Waals surface area contributed by atoms with Crippen molar-refractivity contribution in [2.45, 2.75) is 71.1 Å². The average molecular weight is 319 g/mol. The van der Waals surface area contributed by atoms with Gasteiger partial charge in [-0.05, 0) is 6.42 Å². The van der Waals surface area contributed by atoms with Crippen LogP contribution in [0.5, 0.6) is 0 Å². The minimum atomic E-state index is 1.08. The van der Waals surface area contributed by atoms with Crippen molar-refractivity contribution in [3.05, 3.63) is 12.4 Å². The zero-order valence-corrected chi connectivity index (χ0v) is 15.2. The summed E-state index contributed by atoms with van der Waals surface area (Å²) in [7, 11) is 2.13. The predicted octanol–water partition coefficient (Wildman–Crippen LogP) is 5.34. The first-order valence-electron chi connectivity index (χ1n) is 8.15. The van der Waals surface area contributed by atoms with E-state index < -0.39 is 0 Å². The first-order valence-corrected chi connectivity index (χ1v) is 9.75. The molecule has 1 rings (SSSR count). The number of nitrogens with zero attached hydrogens (tertiary/aromatic N) is 2. The van der Waals surface area contributed by atoms with Crippen molar-refractivity contribution in [3.63, 3.8) is 0 Å². The first kappa shape index (κ1) is 20.0. The minimum absolute atomic E-state index is 1.08. The lowest BCUT2D eigenvalue weighted by Crippen LogP contribution is -2.23. The molecule has 0 fully saturated rings. The van der Waals surface area contributed by atoms with Crippen LogP contribution in [0.2, 0.25) is 0 Å². The number of thiol groups is 2. The lowest BCUT2D eigenvalue weighted by atomic mass is 10.1. The van der Waals surface area contributed by atoms with Gasteiger partial charge in [0, 0.05) is 26.0 Å². The standard InChI is InChI=1S/C16H32N2.H2S2/c1-3-4-5-6-7-8-9-10-11-12-13-18-15-14-17(2)16-18;1-2/h14-15H,3-13,16H2,1-2H3;1-2H. The van der Waals surface area contributed by atoms with E-state index in [-0.39, 0.29) is 0 Å². The Morgan fingerprint density at radius 2 is 1.30 bits per heavy atom. The predicted molar refractivity (Wildman–Crippen MR) is 98.3 cm³/mol. The Hall–Kier alpha value is 0.0400. The lowest BCUT2D eigenvalue weighted by Gasteiger charge is -2.17. The second-order valence-electron chi connectivity index (χ2n) is 5.69. The van der Waals surface area contributed by atoms with Gasteiger partial charge >= 0.3 is 0 Å². The number of rotatable bonds is 11. The van der Waals surface area contributed by atoms with Gasteiger partial charge in [0.1, 0.15) is 0 Å². The van der Waals surface area contributed by atoms with Crippen molar-refractivity contribution in [2.24, 2.45) is 0 Å². The van der Waals surface area contributed by atoms with E-state index in [9.17, 15) is 0 Å². The van der Waals surface area contributed by atoms with E-state index in [0.29, 0.717) is 0 Å². The molecule has 0 N–H and O–H groups in total. The van der Waals surface area contributed by atoms with Crippen molar-refractivity contribution >= 4 is 23.3 Å². The van der Waals surface area contributed by atoms with E-state index in [1.165, 1.54) is 70.8 Å². The van der Waals surface area contributed by atoms with E-state index >= 15 is 0 Å². The Balaban J connectivity index is 0.00000172. The molecule has 1 aliphatic rings. The minimum Gasteiger partial charge on any atom is -0.362 e. The van der Waals surface area contributed by atoms with Crippen LogP contribution in [0.3, 0.4) is 0 Å². The Kier molecular flexibility index (Phi) is 15.5. The van der Waals surface area contributed by atoms with Crippen LogP contribution in [-0.4, -0.2) is 30.1 Å². The summed E-state index contributed by atoms with van der Waals surface area (Å²) >= 11 is 6.44. The maximum atomic E-state index is 3.22. The van der Waals surface area contributed by atoms with Crippen LogP contribution in [0.15, 0.2) is 12.4 Å². The summed E-state index contributed by atoms with van der Waals surface area (Å²) in [4.78, 5) is 4.64. The third-order valence-electron chi connectivity index (χ3n) is 3.74. The molecule has 0 aromatic rings.